The van der Waals surface area contributed by atoms with Gasteiger partial charge < -0.3 is 15.0 Å². The van der Waals surface area contributed by atoms with E-state index < -0.39 is 16.4 Å². The van der Waals surface area contributed by atoms with Crippen LogP contribution in [0.25, 0.3) is 0 Å². The fourth-order valence-electron chi connectivity index (χ4n) is 2.78. The van der Waals surface area contributed by atoms with E-state index in [9.17, 15) is 19.3 Å². The van der Waals surface area contributed by atoms with Crippen LogP contribution in [0.3, 0.4) is 0 Å². The maximum Gasteiger partial charge on any atom is 0.305 e. The lowest BCUT2D eigenvalue weighted by atomic mass is 9.93. The molecule has 0 bridgehead atoms. The smallest absolute Gasteiger partial charge is 0.305 e. The Balaban J connectivity index is 0.00000312. The largest absolute Gasteiger partial charge is 0.484 e. The van der Waals surface area contributed by atoms with Crippen molar-refractivity contribution in [3.8, 4) is 5.75 Å². The minimum Gasteiger partial charge on any atom is -0.484 e. The number of nitrogens with zero attached hydrogens (tertiary/aromatic N) is 2. The van der Waals surface area contributed by atoms with E-state index in [0.29, 0.717) is 19.0 Å². The topological polar surface area (TPSA) is 84.7 Å². The van der Waals surface area contributed by atoms with Gasteiger partial charge in [-0.25, -0.2) is 0 Å². The van der Waals surface area contributed by atoms with Gasteiger partial charge in [0.2, 0.25) is 5.82 Å². The lowest BCUT2D eigenvalue weighted by molar-refractivity contribution is -0.387. The molecule has 1 aromatic carbocycles. The number of ether oxygens (including phenoxy) is 1. The van der Waals surface area contributed by atoms with Crippen molar-refractivity contribution in [1.29, 1.82) is 0 Å². The normalized spacial score (nSPS) is 14.7. The summed E-state index contributed by atoms with van der Waals surface area (Å²) in [5.74, 6) is -0.391. The predicted octanol–water partition coefficient (Wildman–Crippen LogP) is 2.38. The molecule has 0 unspecified atom stereocenters. The maximum absolute atomic E-state index is 13.5. The van der Waals surface area contributed by atoms with E-state index in [-0.39, 0.29) is 30.7 Å². The Hall–Kier alpha value is -1.93. The molecular weight excluding hydrogens is 353 g/mol. The molecule has 1 N–H and O–H groups in total. The molecule has 0 atom stereocenters. The molecule has 0 spiro atoms. The predicted molar refractivity (Wildman–Crippen MR) is 93.6 cm³/mol. The van der Waals surface area contributed by atoms with Crippen LogP contribution in [-0.4, -0.2) is 49.0 Å². The van der Waals surface area contributed by atoms with Crippen LogP contribution in [0.15, 0.2) is 18.2 Å². The summed E-state index contributed by atoms with van der Waals surface area (Å²) >= 11 is 0. The average Bonchev–Trinajstić information content (AvgIpc) is 2.58. The zero-order valence-corrected chi connectivity index (χ0v) is 14.9. The van der Waals surface area contributed by atoms with Crippen LogP contribution >= 0.6 is 12.4 Å². The Labute approximate surface area is 152 Å². The highest BCUT2D eigenvalue weighted by atomic mass is 35.5. The number of amides is 1. The first-order chi connectivity index (χ1) is 11.5. The van der Waals surface area contributed by atoms with Gasteiger partial charge in [0.05, 0.1) is 4.92 Å². The van der Waals surface area contributed by atoms with Crippen LogP contribution in [0.1, 0.15) is 19.3 Å². The second-order valence-electron chi connectivity index (χ2n) is 5.88. The number of carbonyl (C=O) groups excluding carboxylic acids is 1. The number of hydrogen-bond acceptors (Lipinski definition) is 5. The number of nitro groups is 1. The van der Waals surface area contributed by atoms with Gasteiger partial charge in [-0.1, -0.05) is 0 Å². The van der Waals surface area contributed by atoms with E-state index in [1.54, 1.807) is 4.90 Å². The molecule has 9 heteroatoms. The SMILES string of the molecule is CNCCC1CCN(C(=O)COc2ccc([N+](=O)[O-])c(F)c2)CC1.Cl. The summed E-state index contributed by atoms with van der Waals surface area (Å²) in [6.07, 6.45) is 3.05. The van der Waals surface area contributed by atoms with Crippen LogP contribution in [-0.2, 0) is 4.79 Å². The standard InChI is InChI=1S/C16H22FN3O4.ClH/c1-18-7-4-12-5-8-19(9-6-12)16(21)11-24-13-2-3-15(20(22)23)14(17)10-13;/h2-3,10,12,18H,4-9,11H2,1H3;1H. The van der Waals surface area contributed by atoms with Crippen molar-refractivity contribution < 1.29 is 18.8 Å². The molecule has 1 heterocycles. The average molecular weight is 376 g/mol. The van der Waals surface area contributed by atoms with Crippen molar-refractivity contribution in [2.24, 2.45) is 5.92 Å². The number of halogens is 2. The lowest BCUT2D eigenvalue weighted by Crippen LogP contribution is -2.41. The van der Waals surface area contributed by atoms with Crippen LogP contribution in [0.2, 0.25) is 0 Å². The minimum atomic E-state index is -0.977. The molecule has 0 radical (unpaired) electrons. The molecule has 2 rings (SSSR count). The van der Waals surface area contributed by atoms with Crippen LogP contribution in [0.4, 0.5) is 10.1 Å². The minimum absolute atomic E-state index is 0. The summed E-state index contributed by atoms with van der Waals surface area (Å²) in [5.41, 5.74) is -0.614. The number of hydrogen-bond donors (Lipinski definition) is 1. The van der Waals surface area contributed by atoms with Crippen molar-refractivity contribution in [2.45, 2.75) is 19.3 Å². The van der Waals surface area contributed by atoms with Gasteiger partial charge in [0, 0.05) is 25.2 Å². The molecule has 1 aromatic rings. The summed E-state index contributed by atoms with van der Waals surface area (Å²) in [6, 6.07) is 3.25. The van der Waals surface area contributed by atoms with Gasteiger partial charge in [-0.15, -0.1) is 12.4 Å². The Morgan fingerprint density at radius 1 is 1.44 bits per heavy atom. The first-order valence-electron chi connectivity index (χ1n) is 8.00. The number of carbonyl (C=O) groups is 1. The Morgan fingerprint density at radius 3 is 2.68 bits per heavy atom. The van der Waals surface area contributed by atoms with Gasteiger partial charge in [-0.3, -0.25) is 14.9 Å². The van der Waals surface area contributed by atoms with Gasteiger partial charge in [0.1, 0.15) is 5.75 Å². The molecule has 1 saturated heterocycles. The Morgan fingerprint density at radius 2 is 2.12 bits per heavy atom. The Kier molecular flexibility index (Phi) is 8.57. The highest BCUT2D eigenvalue weighted by molar-refractivity contribution is 5.85. The van der Waals surface area contributed by atoms with Gasteiger partial charge in [0.15, 0.2) is 6.61 Å². The number of piperidine rings is 1. The van der Waals surface area contributed by atoms with Crippen LogP contribution in [0, 0.1) is 21.8 Å². The first-order valence-corrected chi connectivity index (χ1v) is 8.00. The number of rotatable bonds is 7. The van der Waals surface area contributed by atoms with Crippen molar-refractivity contribution >= 4 is 24.0 Å². The number of likely N-dealkylation sites (tertiary alicyclic amines) is 1. The zero-order chi connectivity index (χ0) is 17.5. The quantitative estimate of drug-likeness (QED) is 0.584. The molecule has 0 saturated carbocycles. The number of nitro benzene ring substituents is 1. The Bertz CT molecular complexity index is 595. The highest BCUT2D eigenvalue weighted by Crippen LogP contribution is 2.23. The molecule has 0 aromatic heterocycles. The van der Waals surface area contributed by atoms with Crippen molar-refractivity contribution in [3.05, 3.63) is 34.1 Å². The van der Waals surface area contributed by atoms with Crippen LogP contribution < -0.4 is 10.1 Å². The maximum atomic E-state index is 13.5. The molecule has 1 amide bonds. The van der Waals surface area contributed by atoms with Gasteiger partial charge in [-0.05, 0) is 44.8 Å². The fourth-order valence-corrected chi connectivity index (χ4v) is 2.78. The highest BCUT2D eigenvalue weighted by Gasteiger charge is 2.23. The first kappa shape index (κ1) is 21.1. The second kappa shape index (κ2) is 10.1. The molecule has 7 nitrogen and oxygen atoms in total. The second-order valence-corrected chi connectivity index (χ2v) is 5.88. The fraction of sp³-hybridized carbons (Fsp3) is 0.562. The summed E-state index contributed by atoms with van der Waals surface area (Å²) in [4.78, 5) is 23.6. The van der Waals surface area contributed by atoms with Crippen molar-refractivity contribution in [2.75, 3.05) is 33.3 Å². The molecule has 25 heavy (non-hydrogen) atoms. The number of nitrogens with one attached hydrogen (secondary N) is 1. The third-order valence-corrected chi connectivity index (χ3v) is 4.25. The third kappa shape index (κ3) is 6.13. The van der Waals surface area contributed by atoms with Crippen LogP contribution in [0.5, 0.6) is 5.75 Å². The van der Waals surface area contributed by atoms with E-state index in [1.807, 2.05) is 7.05 Å². The van der Waals surface area contributed by atoms with Gasteiger partial charge in [0.25, 0.3) is 5.91 Å². The van der Waals surface area contributed by atoms with Crippen molar-refractivity contribution in [1.82, 2.24) is 10.2 Å². The van der Waals surface area contributed by atoms with E-state index in [4.69, 9.17) is 4.74 Å². The zero-order valence-electron chi connectivity index (χ0n) is 14.1. The molecular formula is C16H23ClFN3O4. The molecule has 140 valence electrons. The third-order valence-electron chi connectivity index (χ3n) is 4.25. The van der Waals surface area contributed by atoms with Gasteiger partial charge >= 0.3 is 5.69 Å². The summed E-state index contributed by atoms with van der Waals surface area (Å²) in [7, 11) is 1.93. The van der Waals surface area contributed by atoms with E-state index in [2.05, 4.69) is 5.32 Å². The molecule has 0 aliphatic carbocycles. The van der Waals surface area contributed by atoms with Crippen molar-refractivity contribution in [3.63, 3.8) is 0 Å². The summed E-state index contributed by atoms with van der Waals surface area (Å²) in [5, 5.41) is 13.7. The summed E-state index contributed by atoms with van der Waals surface area (Å²) < 4.78 is 18.8. The summed E-state index contributed by atoms with van der Waals surface area (Å²) in [6.45, 7) is 2.18. The number of benzene rings is 1. The lowest BCUT2D eigenvalue weighted by Gasteiger charge is -2.32. The monoisotopic (exact) mass is 375 g/mol. The molecule has 1 fully saturated rings. The van der Waals surface area contributed by atoms with E-state index in [0.717, 1.165) is 37.9 Å². The molecule has 1 aliphatic heterocycles. The van der Waals surface area contributed by atoms with E-state index in [1.165, 1.54) is 6.07 Å². The molecule has 1 aliphatic rings. The van der Waals surface area contributed by atoms with E-state index >= 15 is 0 Å². The van der Waals surface area contributed by atoms with Gasteiger partial charge in [-0.2, -0.15) is 4.39 Å².